The van der Waals surface area contributed by atoms with Crippen molar-refractivity contribution in [1.29, 1.82) is 0 Å². The van der Waals surface area contributed by atoms with Gasteiger partial charge in [-0.2, -0.15) is 4.98 Å². The highest BCUT2D eigenvalue weighted by molar-refractivity contribution is 8.01. The topological polar surface area (TPSA) is 122 Å². The minimum absolute atomic E-state index is 0.0474. The maximum atomic E-state index is 12.7. The van der Waals surface area contributed by atoms with E-state index < -0.39 is 29.0 Å². The summed E-state index contributed by atoms with van der Waals surface area (Å²) in [5, 5.41) is 14.4. The first-order valence-electron chi connectivity index (χ1n) is 9.23. The summed E-state index contributed by atoms with van der Waals surface area (Å²) in [6, 6.07) is 4.65. The molecule has 9 nitrogen and oxygen atoms in total. The summed E-state index contributed by atoms with van der Waals surface area (Å²) in [6.07, 6.45) is 1.78. The molecule has 4 rings (SSSR count). The second kappa shape index (κ2) is 8.89. The van der Waals surface area contributed by atoms with E-state index in [0.29, 0.717) is 22.1 Å². The molecule has 1 saturated heterocycles. The van der Waals surface area contributed by atoms with Crippen LogP contribution in [-0.4, -0.2) is 60.3 Å². The third-order valence-corrected chi connectivity index (χ3v) is 8.06. The van der Waals surface area contributed by atoms with Crippen molar-refractivity contribution in [1.82, 2.24) is 19.8 Å². The summed E-state index contributed by atoms with van der Waals surface area (Å²) >= 11 is 4.13. The number of amides is 2. The fourth-order valence-electron chi connectivity index (χ4n) is 3.28. The van der Waals surface area contributed by atoms with Crippen molar-refractivity contribution < 1.29 is 19.5 Å². The maximum Gasteiger partial charge on any atom is 0.352 e. The molecule has 2 atom stereocenters. The van der Waals surface area contributed by atoms with Crippen LogP contribution >= 0.6 is 34.9 Å². The minimum Gasteiger partial charge on any atom is -0.477 e. The normalized spacial score (nSPS) is 20.3. The van der Waals surface area contributed by atoms with E-state index in [1.165, 1.54) is 44.3 Å². The van der Waals surface area contributed by atoms with Gasteiger partial charge < -0.3 is 15.0 Å². The van der Waals surface area contributed by atoms with Crippen molar-refractivity contribution >= 4 is 52.6 Å². The van der Waals surface area contributed by atoms with Gasteiger partial charge >= 0.3 is 11.7 Å². The number of aryl methyl sites for hydroxylation is 1. The van der Waals surface area contributed by atoms with Crippen LogP contribution in [0.1, 0.15) is 4.88 Å². The number of fused-ring (bicyclic) bond motifs is 1. The van der Waals surface area contributed by atoms with E-state index in [-0.39, 0.29) is 18.0 Å². The van der Waals surface area contributed by atoms with Gasteiger partial charge in [0.1, 0.15) is 22.1 Å². The second-order valence-corrected chi connectivity index (χ2v) is 10.0. The molecule has 0 bridgehead atoms. The molecule has 2 aromatic rings. The van der Waals surface area contributed by atoms with Gasteiger partial charge in [-0.1, -0.05) is 6.07 Å². The van der Waals surface area contributed by atoms with Gasteiger partial charge in [0.15, 0.2) is 0 Å². The lowest BCUT2D eigenvalue weighted by Crippen LogP contribution is -2.70. The predicted octanol–water partition coefficient (Wildman–Crippen LogP) is 0.915. The SMILES string of the molecule is Cn1ccc(SCC2=C(C(=O)O)N3C(=O)[C@@H](NC(=O)Cc4cccs4)[C@@H]3SC2)nc1=O. The molecule has 12 heteroatoms. The Morgan fingerprint density at radius 3 is 2.84 bits per heavy atom. The van der Waals surface area contributed by atoms with Gasteiger partial charge in [0, 0.05) is 29.6 Å². The van der Waals surface area contributed by atoms with Crippen molar-refractivity contribution in [2.24, 2.45) is 7.05 Å². The van der Waals surface area contributed by atoms with E-state index in [1.54, 1.807) is 19.3 Å². The molecule has 4 heterocycles. The first kappa shape index (κ1) is 21.7. The van der Waals surface area contributed by atoms with Crippen molar-refractivity contribution in [2.75, 3.05) is 11.5 Å². The van der Waals surface area contributed by atoms with Crippen LogP contribution in [0.5, 0.6) is 0 Å². The van der Waals surface area contributed by atoms with Gasteiger partial charge in [-0.05, 0) is 23.1 Å². The molecule has 2 amide bonds. The van der Waals surface area contributed by atoms with Crippen LogP contribution in [0.25, 0.3) is 0 Å². The number of β-lactam (4-membered cyclic amide) rings is 1. The number of hydrogen-bond acceptors (Lipinski definition) is 8. The molecule has 2 aromatic heterocycles. The summed E-state index contributed by atoms with van der Waals surface area (Å²) in [5.74, 6) is -1.18. The van der Waals surface area contributed by atoms with Gasteiger partial charge in [-0.15, -0.1) is 34.9 Å². The number of thioether (sulfide) groups is 2. The molecule has 2 N–H and O–H groups in total. The Hall–Kier alpha value is -2.57. The average Bonchev–Trinajstić information content (AvgIpc) is 3.24. The number of carbonyl (C=O) groups excluding carboxylic acids is 2. The first-order valence-corrected chi connectivity index (χ1v) is 12.1. The molecule has 1 fully saturated rings. The van der Waals surface area contributed by atoms with Crippen LogP contribution in [0.15, 0.2) is 50.9 Å². The molecule has 31 heavy (non-hydrogen) atoms. The van der Waals surface area contributed by atoms with Crippen LogP contribution in [0, 0.1) is 0 Å². The fourth-order valence-corrected chi connectivity index (χ4v) is 6.32. The minimum atomic E-state index is -1.19. The van der Waals surface area contributed by atoms with Crippen molar-refractivity contribution in [3.8, 4) is 0 Å². The molecular weight excluding hydrogens is 460 g/mol. The largest absolute Gasteiger partial charge is 0.477 e. The van der Waals surface area contributed by atoms with Crippen molar-refractivity contribution in [3.63, 3.8) is 0 Å². The van der Waals surface area contributed by atoms with Crippen LogP contribution in [0.4, 0.5) is 0 Å². The standard InChI is InChI=1S/C19H18N4O5S3/c1-22-5-4-13(21-19(22)28)30-8-10-9-31-17-14(16(25)23(17)15(10)18(26)27)20-12(24)7-11-3-2-6-29-11/h2-6,14,17H,7-9H2,1H3,(H,20,24)(H,26,27)/t14-,17+/m1/s1. The number of nitrogens with zero attached hydrogens (tertiary/aromatic N) is 3. The van der Waals surface area contributed by atoms with Crippen LogP contribution in [0.2, 0.25) is 0 Å². The zero-order chi connectivity index (χ0) is 22.1. The van der Waals surface area contributed by atoms with E-state index in [4.69, 9.17) is 0 Å². The quantitative estimate of drug-likeness (QED) is 0.342. The Morgan fingerprint density at radius 1 is 1.35 bits per heavy atom. The average molecular weight is 479 g/mol. The van der Waals surface area contributed by atoms with Crippen LogP contribution in [-0.2, 0) is 27.9 Å². The predicted molar refractivity (Wildman–Crippen MR) is 118 cm³/mol. The molecule has 2 aliphatic rings. The Kier molecular flexibility index (Phi) is 6.21. The number of carboxylic acids is 1. The Morgan fingerprint density at radius 2 is 2.16 bits per heavy atom. The molecule has 2 aliphatic heterocycles. The molecule has 0 unspecified atom stereocenters. The van der Waals surface area contributed by atoms with Crippen LogP contribution < -0.4 is 11.0 Å². The number of carboxylic acid groups (broad SMARTS) is 1. The fraction of sp³-hybridized carbons (Fsp3) is 0.316. The van der Waals surface area contributed by atoms with Gasteiger partial charge in [0.25, 0.3) is 5.91 Å². The number of nitrogens with one attached hydrogen (secondary N) is 1. The third-order valence-electron chi connectivity index (χ3n) is 4.82. The van der Waals surface area contributed by atoms with E-state index >= 15 is 0 Å². The monoisotopic (exact) mass is 478 g/mol. The Labute approximate surface area is 189 Å². The third kappa shape index (κ3) is 4.41. The number of carbonyl (C=O) groups is 3. The maximum absolute atomic E-state index is 12.7. The Balaban J connectivity index is 1.45. The molecule has 0 radical (unpaired) electrons. The zero-order valence-corrected chi connectivity index (χ0v) is 18.8. The van der Waals surface area contributed by atoms with Crippen molar-refractivity contribution in [3.05, 3.63) is 56.4 Å². The van der Waals surface area contributed by atoms with Gasteiger partial charge in [0.2, 0.25) is 5.91 Å². The second-order valence-electron chi connectivity index (χ2n) is 6.92. The Bertz CT molecular complexity index is 1130. The molecule has 0 spiro atoms. The van der Waals surface area contributed by atoms with Gasteiger partial charge in [0.05, 0.1) is 6.42 Å². The number of aliphatic carboxylic acids is 1. The summed E-state index contributed by atoms with van der Waals surface area (Å²) in [5.41, 5.74) is 0.140. The summed E-state index contributed by atoms with van der Waals surface area (Å²) in [6.45, 7) is 0. The highest BCUT2D eigenvalue weighted by atomic mass is 32.2. The molecule has 162 valence electrons. The van der Waals surface area contributed by atoms with E-state index in [9.17, 15) is 24.3 Å². The van der Waals surface area contributed by atoms with E-state index in [0.717, 1.165) is 4.88 Å². The lowest BCUT2D eigenvalue weighted by atomic mass is 10.0. The highest BCUT2D eigenvalue weighted by Crippen LogP contribution is 2.41. The zero-order valence-electron chi connectivity index (χ0n) is 16.3. The molecular formula is C19H18N4O5S3. The molecule has 0 aliphatic carbocycles. The van der Waals surface area contributed by atoms with Crippen molar-refractivity contribution in [2.45, 2.75) is 22.9 Å². The number of hydrogen-bond donors (Lipinski definition) is 2. The highest BCUT2D eigenvalue weighted by Gasteiger charge is 2.54. The summed E-state index contributed by atoms with van der Waals surface area (Å²) in [4.78, 5) is 54.6. The summed E-state index contributed by atoms with van der Waals surface area (Å²) < 4.78 is 1.35. The lowest BCUT2D eigenvalue weighted by molar-refractivity contribution is -0.150. The molecule has 0 aromatic carbocycles. The van der Waals surface area contributed by atoms with E-state index in [1.807, 2.05) is 17.5 Å². The van der Waals surface area contributed by atoms with Crippen LogP contribution in [0.3, 0.4) is 0 Å². The first-order chi connectivity index (χ1) is 14.8. The molecule has 0 saturated carbocycles. The van der Waals surface area contributed by atoms with E-state index in [2.05, 4.69) is 10.3 Å². The summed E-state index contributed by atoms with van der Waals surface area (Å²) in [7, 11) is 1.60. The number of rotatable bonds is 7. The number of aromatic nitrogens is 2. The lowest BCUT2D eigenvalue weighted by Gasteiger charge is -2.49. The van der Waals surface area contributed by atoms with Gasteiger partial charge in [-0.3, -0.25) is 14.5 Å². The number of thiophene rings is 1. The van der Waals surface area contributed by atoms with Gasteiger partial charge in [-0.25, -0.2) is 9.59 Å². The smallest absolute Gasteiger partial charge is 0.352 e.